The molecule has 1 saturated heterocycles. The minimum atomic E-state index is -0.605. The van der Waals surface area contributed by atoms with E-state index in [0.717, 1.165) is 62.3 Å². The molecule has 0 radical (unpaired) electrons. The highest BCUT2D eigenvalue weighted by molar-refractivity contribution is 5.94. The van der Waals surface area contributed by atoms with Crippen LogP contribution >= 0.6 is 0 Å². The average molecular weight is 457 g/mol. The van der Waals surface area contributed by atoms with Crippen molar-refractivity contribution < 1.29 is 18.4 Å². The molecule has 6 nitrogen and oxygen atoms in total. The van der Waals surface area contributed by atoms with E-state index in [9.17, 15) is 18.4 Å². The molecular formula is C25H30F2N4O2. The molecule has 1 atom stereocenters. The zero-order chi connectivity index (χ0) is 23.1. The van der Waals surface area contributed by atoms with Gasteiger partial charge in [0.2, 0.25) is 5.91 Å². The summed E-state index contributed by atoms with van der Waals surface area (Å²) >= 11 is 0. The second-order valence-electron chi connectivity index (χ2n) is 9.74. The summed E-state index contributed by atoms with van der Waals surface area (Å²) in [5.74, 6) is -0.904. The summed E-state index contributed by atoms with van der Waals surface area (Å²) in [6.07, 6.45) is 6.50. The first-order chi connectivity index (χ1) is 15.9. The number of piperidine rings is 1. The van der Waals surface area contributed by atoms with Crippen LogP contribution in [0.1, 0.15) is 59.4 Å². The molecule has 2 heterocycles. The molecule has 2 amide bonds. The molecule has 176 valence electrons. The number of hydrogen-bond acceptors (Lipinski definition) is 3. The van der Waals surface area contributed by atoms with Gasteiger partial charge in [0.25, 0.3) is 5.91 Å². The SMILES string of the molecule is CN(C(=O)C1CC1)C(Cc1ccc(F)cc1F)C1CCN(C(=O)c2n[nH]c3c2CCC3)CC1. The number of likely N-dealkylation sites (tertiary alicyclic amines) is 1. The summed E-state index contributed by atoms with van der Waals surface area (Å²) in [6.45, 7) is 1.16. The molecule has 1 aromatic carbocycles. The second-order valence-corrected chi connectivity index (χ2v) is 9.74. The maximum Gasteiger partial charge on any atom is 0.274 e. The third-order valence-electron chi connectivity index (χ3n) is 7.60. The molecule has 2 aliphatic carbocycles. The highest BCUT2D eigenvalue weighted by Crippen LogP contribution is 2.35. The standard InChI is InChI=1S/C25H30F2N4O2/c1-30(24(32)16-5-6-16)22(13-17-7-8-18(26)14-20(17)27)15-9-11-31(12-10-15)25(33)23-19-3-2-4-21(19)28-29-23/h7-8,14-16,22H,2-6,9-13H2,1H3,(H,28,29). The number of H-pyrrole nitrogens is 1. The number of carbonyl (C=O) groups is 2. The van der Waals surface area contributed by atoms with Crippen molar-refractivity contribution >= 4 is 11.8 Å². The monoisotopic (exact) mass is 456 g/mol. The number of aromatic nitrogens is 2. The molecule has 1 unspecified atom stereocenters. The Labute approximate surface area is 192 Å². The van der Waals surface area contributed by atoms with E-state index >= 15 is 0 Å². The molecule has 0 spiro atoms. The van der Waals surface area contributed by atoms with Crippen molar-refractivity contribution in [3.63, 3.8) is 0 Å². The van der Waals surface area contributed by atoms with Crippen molar-refractivity contribution in [3.8, 4) is 0 Å². The van der Waals surface area contributed by atoms with E-state index in [2.05, 4.69) is 10.2 Å². The largest absolute Gasteiger partial charge is 0.342 e. The van der Waals surface area contributed by atoms with Crippen LogP contribution in [0.25, 0.3) is 0 Å². The summed E-state index contributed by atoms with van der Waals surface area (Å²) in [5, 5.41) is 7.29. The van der Waals surface area contributed by atoms with Crippen molar-refractivity contribution in [3.05, 3.63) is 52.3 Å². The lowest BCUT2D eigenvalue weighted by atomic mass is 9.84. The third-order valence-corrected chi connectivity index (χ3v) is 7.60. The van der Waals surface area contributed by atoms with Crippen LogP contribution in [0.15, 0.2) is 18.2 Å². The molecule has 2 aromatic rings. The van der Waals surface area contributed by atoms with Gasteiger partial charge in [0.1, 0.15) is 11.6 Å². The minimum Gasteiger partial charge on any atom is -0.342 e. The van der Waals surface area contributed by atoms with Crippen LogP contribution in [0, 0.1) is 23.5 Å². The van der Waals surface area contributed by atoms with Gasteiger partial charge < -0.3 is 9.80 Å². The first kappa shape index (κ1) is 22.0. The molecule has 2 fully saturated rings. The fourth-order valence-electron chi connectivity index (χ4n) is 5.45. The molecule has 0 bridgehead atoms. The van der Waals surface area contributed by atoms with Crippen LogP contribution in [0.5, 0.6) is 0 Å². The molecule has 1 saturated carbocycles. The Kier molecular flexibility index (Phi) is 5.93. The maximum atomic E-state index is 14.4. The Balaban J connectivity index is 1.29. The Bertz CT molecular complexity index is 1060. The average Bonchev–Trinajstić information content (AvgIpc) is 3.43. The highest BCUT2D eigenvalue weighted by atomic mass is 19.1. The minimum absolute atomic E-state index is 0.0311. The Morgan fingerprint density at radius 2 is 1.94 bits per heavy atom. The number of benzene rings is 1. The topological polar surface area (TPSA) is 69.3 Å². The molecule has 1 aliphatic heterocycles. The molecule has 8 heteroatoms. The summed E-state index contributed by atoms with van der Waals surface area (Å²) < 4.78 is 27.9. The van der Waals surface area contributed by atoms with E-state index in [1.54, 1.807) is 11.9 Å². The number of aryl methyl sites for hydroxylation is 1. The van der Waals surface area contributed by atoms with Crippen molar-refractivity contribution in [1.29, 1.82) is 0 Å². The molecule has 3 aliphatic rings. The van der Waals surface area contributed by atoms with Gasteiger partial charge in [-0.15, -0.1) is 0 Å². The van der Waals surface area contributed by atoms with Gasteiger partial charge in [-0.1, -0.05) is 6.07 Å². The van der Waals surface area contributed by atoms with Gasteiger partial charge in [0, 0.05) is 49.4 Å². The van der Waals surface area contributed by atoms with Gasteiger partial charge in [-0.3, -0.25) is 14.7 Å². The van der Waals surface area contributed by atoms with Gasteiger partial charge in [-0.05, 0) is 68.9 Å². The van der Waals surface area contributed by atoms with E-state index in [-0.39, 0.29) is 29.7 Å². The number of likely N-dealkylation sites (N-methyl/N-ethyl adjacent to an activating group) is 1. The van der Waals surface area contributed by atoms with Gasteiger partial charge in [-0.2, -0.15) is 5.10 Å². The number of nitrogens with zero attached hydrogens (tertiary/aromatic N) is 3. The van der Waals surface area contributed by atoms with Gasteiger partial charge >= 0.3 is 0 Å². The van der Waals surface area contributed by atoms with Crippen LogP contribution < -0.4 is 0 Å². The molecule has 1 aromatic heterocycles. The van der Waals surface area contributed by atoms with Crippen molar-refractivity contribution in [2.45, 2.75) is 57.4 Å². The molecule has 33 heavy (non-hydrogen) atoms. The number of fused-ring (bicyclic) bond motifs is 1. The second kappa shape index (κ2) is 8.88. The van der Waals surface area contributed by atoms with E-state index in [1.165, 1.54) is 12.1 Å². The fourth-order valence-corrected chi connectivity index (χ4v) is 5.45. The van der Waals surface area contributed by atoms with E-state index in [4.69, 9.17) is 0 Å². The summed E-state index contributed by atoms with van der Waals surface area (Å²) in [6, 6.07) is 3.45. The Morgan fingerprint density at radius 1 is 1.18 bits per heavy atom. The smallest absolute Gasteiger partial charge is 0.274 e. The Morgan fingerprint density at radius 3 is 2.64 bits per heavy atom. The maximum absolute atomic E-state index is 14.4. The number of aromatic amines is 1. The predicted molar refractivity (Wildman–Crippen MR) is 119 cm³/mol. The van der Waals surface area contributed by atoms with Crippen molar-refractivity contribution in [2.24, 2.45) is 11.8 Å². The van der Waals surface area contributed by atoms with E-state index in [1.807, 2.05) is 4.90 Å². The van der Waals surface area contributed by atoms with Crippen LogP contribution in [0.4, 0.5) is 8.78 Å². The Hall–Kier alpha value is -2.77. The van der Waals surface area contributed by atoms with Crippen molar-refractivity contribution in [2.75, 3.05) is 20.1 Å². The number of nitrogens with one attached hydrogen (secondary N) is 1. The number of hydrogen-bond donors (Lipinski definition) is 1. The zero-order valence-electron chi connectivity index (χ0n) is 18.9. The lowest BCUT2D eigenvalue weighted by Gasteiger charge is -2.40. The summed E-state index contributed by atoms with van der Waals surface area (Å²) in [4.78, 5) is 29.6. The summed E-state index contributed by atoms with van der Waals surface area (Å²) in [5.41, 5.74) is 3.10. The van der Waals surface area contributed by atoms with Gasteiger partial charge in [0.15, 0.2) is 5.69 Å². The van der Waals surface area contributed by atoms with E-state index in [0.29, 0.717) is 30.8 Å². The predicted octanol–water partition coefficient (Wildman–Crippen LogP) is 3.51. The first-order valence-electron chi connectivity index (χ1n) is 12.0. The van der Waals surface area contributed by atoms with Gasteiger partial charge in [0.05, 0.1) is 0 Å². The molecule has 5 rings (SSSR count). The summed E-state index contributed by atoms with van der Waals surface area (Å²) in [7, 11) is 1.80. The van der Waals surface area contributed by atoms with Crippen molar-refractivity contribution in [1.82, 2.24) is 20.0 Å². The quantitative estimate of drug-likeness (QED) is 0.723. The first-order valence-corrected chi connectivity index (χ1v) is 12.0. The molecule has 1 N–H and O–H groups in total. The lowest BCUT2D eigenvalue weighted by Crippen LogP contribution is -2.49. The van der Waals surface area contributed by atoms with Gasteiger partial charge in [-0.25, -0.2) is 8.78 Å². The third kappa shape index (κ3) is 4.39. The zero-order valence-corrected chi connectivity index (χ0v) is 18.9. The lowest BCUT2D eigenvalue weighted by molar-refractivity contribution is -0.134. The van der Waals surface area contributed by atoms with E-state index < -0.39 is 11.6 Å². The van der Waals surface area contributed by atoms with Crippen LogP contribution in [0.3, 0.4) is 0 Å². The van der Waals surface area contributed by atoms with Crippen LogP contribution in [-0.2, 0) is 24.1 Å². The number of halogens is 2. The molecular weight excluding hydrogens is 426 g/mol. The number of rotatable bonds is 6. The normalized spacial score (nSPS) is 19.4. The van der Waals surface area contributed by atoms with Crippen LogP contribution in [0.2, 0.25) is 0 Å². The highest BCUT2D eigenvalue weighted by Gasteiger charge is 2.39. The van der Waals surface area contributed by atoms with Crippen LogP contribution in [-0.4, -0.2) is 58.0 Å². The fraction of sp³-hybridized carbons (Fsp3) is 0.560. The number of carbonyl (C=O) groups excluding carboxylic acids is 2. The number of amides is 2.